The highest BCUT2D eigenvalue weighted by molar-refractivity contribution is 5.92. The van der Waals surface area contributed by atoms with E-state index >= 15 is 0 Å². The summed E-state index contributed by atoms with van der Waals surface area (Å²) in [6.45, 7) is 2.25. The third-order valence-corrected chi connectivity index (χ3v) is 4.18. The highest BCUT2D eigenvalue weighted by Crippen LogP contribution is 2.37. The van der Waals surface area contributed by atoms with Gasteiger partial charge in [-0.25, -0.2) is 4.98 Å². The average molecular weight is 256 g/mol. The van der Waals surface area contributed by atoms with E-state index < -0.39 is 0 Å². The fourth-order valence-corrected chi connectivity index (χ4v) is 2.67. The van der Waals surface area contributed by atoms with Crippen molar-refractivity contribution in [1.82, 2.24) is 4.98 Å². The molecule has 0 amide bonds. The van der Waals surface area contributed by atoms with E-state index in [4.69, 9.17) is 0 Å². The van der Waals surface area contributed by atoms with Gasteiger partial charge in [0.1, 0.15) is 5.82 Å². The van der Waals surface area contributed by atoms with Crippen LogP contribution in [0.1, 0.15) is 25.5 Å². The minimum absolute atomic E-state index is 0.0104. The number of nitrogens with zero attached hydrogens (tertiary/aromatic N) is 2. The highest BCUT2D eigenvalue weighted by atomic mass is 16.3. The van der Waals surface area contributed by atoms with E-state index in [0.29, 0.717) is 6.04 Å². The Morgan fingerprint density at radius 1 is 1.37 bits per heavy atom. The van der Waals surface area contributed by atoms with E-state index in [9.17, 15) is 5.11 Å². The van der Waals surface area contributed by atoms with Crippen LogP contribution >= 0.6 is 0 Å². The molecular weight excluding hydrogens is 236 g/mol. The van der Waals surface area contributed by atoms with Crippen molar-refractivity contribution in [3.8, 4) is 0 Å². The Kier molecular flexibility index (Phi) is 3.15. The predicted octanol–water partition coefficient (Wildman–Crippen LogP) is 2.96. The van der Waals surface area contributed by atoms with Gasteiger partial charge in [0.15, 0.2) is 0 Å². The number of aromatic nitrogens is 1. The van der Waals surface area contributed by atoms with Gasteiger partial charge in [-0.2, -0.15) is 0 Å². The van der Waals surface area contributed by atoms with Gasteiger partial charge in [0.2, 0.25) is 0 Å². The minimum atomic E-state index is -0.0104. The molecule has 1 fully saturated rings. The first-order chi connectivity index (χ1) is 9.20. The molecule has 1 aromatic carbocycles. The molecule has 3 rings (SSSR count). The number of aliphatic hydroxyl groups excluding tert-OH is 1. The van der Waals surface area contributed by atoms with Crippen molar-refractivity contribution in [1.29, 1.82) is 0 Å². The summed E-state index contributed by atoms with van der Waals surface area (Å²) in [5.74, 6) is 1.78. The minimum Gasteiger partial charge on any atom is -0.390 e. The van der Waals surface area contributed by atoms with Crippen LogP contribution in [0.2, 0.25) is 0 Å². The molecule has 19 heavy (non-hydrogen) atoms. The first kappa shape index (κ1) is 12.4. The monoisotopic (exact) mass is 256 g/mol. The topological polar surface area (TPSA) is 36.4 Å². The molecule has 3 heteroatoms. The van der Waals surface area contributed by atoms with Gasteiger partial charge in [0, 0.05) is 18.5 Å². The highest BCUT2D eigenvalue weighted by Gasteiger charge is 2.31. The molecule has 0 radical (unpaired) electrons. The summed E-state index contributed by atoms with van der Waals surface area (Å²) in [4.78, 5) is 6.89. The Bertz CT molecular complexity index is 592. The molecule has 0 aliphatic heterocycles. The second-order valence-electron chi connectivity index (χ2n) is 5.51. The first-order valence-corrected chi connectivity index (χ1v) is 6.93. The molecule has 1 unspecified atom stereocenters. The normalized spacial score (nSPS) is 16.6. The standard InChI is InChI=1S/C16H20N2O/c1-11(12-7-8-12)18(2)16-15-6-4-3-5-13(15)9-14(10-19)17-16/h3-6,9,11-12,19H,7-8,10H2,1-2H3. The number of rotatable bonds is 4. The second kappa shape index (κ2) is 4.82. The Morgan fingerprint density at radius 3 is 2.79 bits per heavy atom. The summed E-state index contributed by atoms with van der Waals surface area (Å²) in [5.41, 5.74) is 0.739. The molecule has 3 nitrogen and oxygen atoms in total. The van der Waals surface area contributed by atoms with Crippen molar-refractivity contribution in [3.05, 3.63) is 36.0 Å². The molecule has 1 N–H and O–H groups in total. The lowest BCUT2D eigenvalue weighted by Crippen LogP contribution is -2.31. The SMILES string of the molecule is CC(C1CC1)N(C)c1nc(CO)cc2ccccc12. The number of anilines is 1. The lowest BCUT2D eigenvalue weighted by molar-refractivity contribution is 0.277. The van der Waals surface area contributed by atoms with Crippen molar-refractivity contribution < 1.29 is 5.11 Å². The fraction of sp³-hybridized carbons (Fsp3) is 0.438. The van der Waals surface area contributed by atoms with Crippen LogP contribution in [0.5, 0.6) is 0 Å². The van der Waals surface area contributed by atoms with Gasteiger partial charge in [0.25, 0.3) is 0 Å². The molecular formula is C16H20N2O. The number of fused-ring (bicyclic) bond motifs is 1. The van der Waals surface area contributed by atoms with Gasteiger partial charge in [-0.15, -0.1) is 0 Å². The van der Waals surface area contributed by atoms with Crippen molar-refractivity contribution in [2.75, 3.05) is 11.9 Å². The second-order valence-corrected chi connectivity index (χ2v) is 5.51. The van der Waals surface area contributed by atoms with Crippen LogP contribution in [-0.2, 0) is 6.61 Å². The van der Waals surface area contributed by atoms with Crippen LogP contribution < -0.4 is 4.90 Å². The molecule has 0 saturated heterocycles. The van der Waals surface area contributed by atoms with Crippen LogP contribution in [0.4, 0.5) is 5.82 Å². The van der Waals surface area contributed by atoms with Crippen LogP contribution in [0, 0.1) is 5.92 Å². The van der Waals surface area contributed by atoms with Crippen molar-refractivity contribution in [2.45, 2.75) is 32.4 Å². The van der Waals surface area contributed by atoms with E-state index in [0.717, 1.165) is 28.2 Å². The number of benzene rings is 1. The van der Waals surface area contributed by atoms with E-state index in [1.54, 1.807) is 0 Å². The summed E-state index contributed by atoms with van der Waals surface area (Å²) in [6, 6.07) is 10.7. The van der Waals surface area contributed by atoms with Gasteiger partial charge >= 0.3 is 0 Å². The molecule has 2 aromatic rings. The quantitative estimate of drug-likeness (QED) is 0.913. The molecule has 1 atom stereocenters. The molecule has 0 spiro atoms. The molecule has 1 aliphatic rings. The molecule has 1 aliphatic carbocycles. The van der Waals surface area contributed by atoms with Crippen LogP contribution in [0.3, 0.4) is 0 Å². The van der Waals surface area contributed by atoms with Crippen molar-refractivity contribution in [3.63, 3.8) is 0 Å². The maximum Gasteiger partial charge on any atom is 0.136 e. The maximum atomic E-state index is 9.38. The zero-order valence-electron chi connectivity index (χ0n) is 11.5. The average Bonchev–Trinajstić information content (AvgIpc) is 3.29. The van der Waals surface area contributed by atoms with Crippen LogP contribution in [0.25, 0.3) is 10.8 Å². The summed E-state index contributed by atoms with van der Waals surface area (Å²) in [6.07, 6.45) is 2.65. The smallest absolute Gasteiger partial charge is 0.136 e. The van der Waals surface area contributed by atoms with Crippen LogP contribution in [-0.4, -0.2) is 23.2 Å². The summed E-state index contributed by atoms with van der Waals surface area (Å²) in [7, 11) is 2.11. The summed E-state index contributed by atoms with van der Waals surface area (Å²) >= 11 is 0. The zero-order chi connectivity index (χ0) is 13.4. The Hall–Kier alpha value is -1.61. The largest absolute Gasteiger partial charge is 0.390 e. The Morgan fingerprint density at radius 2 is 2.11 bits per heavy atom. The van der Waals surface area contributed by atoms with E-state index in [1.807, 2.05) is 18.2 Å². The number of hydrogen-bond acceptors (Lipinski definition) is 3. The maximum absolute atomic E-state index is 9.38. The molecule has 1 heterocycles. The summed E-state index contributed by atoms with van der Waals surface area (Å²) < 4.78 is 0. The Balaban J connectivity index is 2.09. The Labute approximate surface area is 113 Å². The predicted molar refractivity (Wildman–Crippen MR) is 78.3 cm³/mol. The van der Waals surface area contributed by atoms with Gasteiger partial charge in [-0.3, -0.25) is 0 Å². The van der Waals surface area contributed by atoms with Gasteiger partial charge in [-0.1, -0.05) is 24.3 Å². The molecule has 1 saturated carbocycles. The van der Waals surface area contributed by atoms with E-state index in [2.05, 4.69) is 36.0 Å². The fourth-order valence-electron chi connectivity index (χ4n) is 2.67. The van der Waals surface area contributed by atoms with E-state index in [1.165, 1.54) is 12.8 Å². The van der Waals surface area contributed by atoms with Crippen LogP contribution in [0.15, 0.2) is 30.3 Å². The lowest BCUT2D eigenvalue weighted by Gasteiger charge is -2.27. The number of pyridine rings is 1. The van der Waals surface area contributed by atoms with Crippen molar-refractivity contribution in [2.24, 2.45) is 5.92 Å². The van der Waals surface area contributed by atoms with Gasteiger partial charge < -0.3 is 10.0 Å². The molecule has 0 bridgehead atoms. The van der Waals surface area contributed by atoms with Gasteiger partial charge in [-0.05, 0) is 37.1 Å². The zero-order valence-corrected chi connectivity index (χ0v) is 11.5. The third-order valence-electron chi connectivity index (χ3n) is 4.18. The van der Waals surface area contributed by atoms with Gasteiger partial charge in [0.05, 0.1) is 12.3 Å². The lowest BCUT2D eigenvalue weighted by atomic mass is 10.1. The molecule has 1 aromatic heterocycles. The summed E-state index contributed by atoms with van der Waals surface area (Å²) in [5, 5.41) is 11.7. The first-order valence-electron chi connectivity index (χ1n) is 6.93. The number of hydrogen-bond donors (Lipinski definition) is 1. The third kappa shape index (κ3) is 2.30. The van der Waals surface area contributed by atoms with E-state index in [-0.39, 0.29) is 6.61 Å². The number of aliphatic hydroxyl groups is 1. The molecule has 100 valence electrons. The van der Waals surface area contributed by atoms with Crippen molar-refractivity contribution >= 4 is 16.6 Å².